The average molecular weight is 229 g/mol. The van der Waals surface area contributed by atoms with Crippen LogP contribution in [0.2, 0.25) is 0 Å². The van der Waals surface area contributed by atoms with Crippen molar-refractivity contribution in [2.75, 3.05) is 0 Å². The zero-order chi connectivity index (χ0) is 12.3. The summed E-state index contributed by atoms with van der Waals surface area (Å²) < 4.78 is 13.5. The molecule has 0 unspecified atom stereocenters. The van der Waals surface area contributed by atoms with E-state index in [4.69, 9.17) is 0 Å². The number of halogens is 1. The average Bonchev–Trinajstić information content (AvgIpc) is 2.30. The van der Waals surface area contributed by atoms with Crippen LogP contribution in [-0.2, 0) is 0 Å². The number of para-hydroxylation sites is 1. The van der Waals surface area contributed by atoms with E-state index < -0.39 is 0 Å². The van der Waals surface area contributed by atoms with E-state index in [1.165, 1.54) is 12.3 Å². The summed E-state index contributed by atoms with van der Waals surface area (Å²) in [7, 11) is 0. The first-order valence-corrected chi connectivity index (χ1v) is 5.25. The molecule has 0 heterocycles. The Bertz CT molecular complexity index is 564. The van der Waals surface area contributed by atoms with Crippen LogP contribution >= 0.6 is 0 Å². The molecular weight excluding hydrogens is 217 g/mol. The normalized spacial score (nSPS) is 10.9. The van der Waals surface area contributed by atoms with Crippen LogP contribution in [0.15, 0.2) is 47.5 Å². The summed E-state index contributed by atoms with van der Waals surface area (Å²) in [5.41, 5.74) is 1.68. The lowest BCUT2D eigenvalue weighted by molar-refractivity contribution is 0.474. The van der Waals surface area contributed by atoms with E-state index in [9.17, 15) is 9.50 Å². The highest BCUT2D eigenvalue weighted by molar-refractivity contribution is 5.85. The molecular formula is C14H12FNO. The molecule has 0 aliphatic carbocycles. The Balaban J connectivity index is 2.29. The van der Waals surface area contributed by atoms with E-state index in [0.29, 0.717) is 5.56 Å². The van der Waals surface area contributed by atoms with Gasteiger partial charge in [-0.25, -0.2) is 4.39 Å². The Kier molecular flexibility index (Phi) is 3.19. The standard InChI is InChI=1S/C14H12FNO/c1-10-6-7-13(12(15)8-10)16-9-11-4-2-3-5-14(11)17/h2-9,17H,1H3. The van der Waals surface area contributed by atoms with Crippen molar-refractivity contribution in [3.8, 4) is 5.75 Å². The molecule has 0 amide bonds. The molecule has 0 atom stereocenters. The lowest BCUT2D eigenvalue weighted by Crippen LogP contribution is -1.83. The molecule has 0 saturated heterocycles. The fourth-order valence-electron chi connectivity index (χ4n) is 1.45. The van der Waals surface area contributed by atoms with E-state index >= 15 is 0 Å². The number of benzene rings is 2. The summed E-state index contributed by atoms with van der Waals surface area (Å²) in [6, 6.07) is 11.6. The first-order valence-electron chi connectivity index (χ1n) is 5.25. The first kappa shape index (κ1) is 11.3. The number of aromatic hydroxyl groups is 1. The van der Waals surface area contributed by atoms with Crippen molar-refractivity contribution in [3.63, 3.8) is 0 Å². The minimum Gasteiger partial charge on any atom is -0.507 e. The van der Waals surface area contributed by atoms with E-state index in [2.05, 4.69) is 4.99 Å². The summed E-state index contributed by atoms with van der Waals surface area (Å²) in [4.78, 5) is 4.02. The van der Waals surface area contributed by atoms with Gasteiger partial charge in [0.25, 0.3) is 0 Å². The number of aryl methyl sites for hydroxylation is 1. The second-order valence-corrected chi connectivity index (χ2v) is 3.77. The van der Waals surface area contributed by atoms with Crippen molar-refractivity contribution in [3.05, 3.63) is 59.4 Å². The molecule has 2 rings (SSSR count). The fourth-order valence-corrected chi connectivity index (χ4v) is 1.45. The van der Waals surface area contributed by atoms with Gasteiger partial charge >= 0.3 is 0 Å². The SMILES string of the molecule is Cc1ccc(N=Cc2ccccc2O)c(F)c1. The highest BCUT2D eigenvalue weighted by atomic mass is 19.1. The second-order valence-electron chi connectivity index (χ2n) is 3.77. The number of hydrogen-bond donors (Lipinski definition) is 1. The highest BCUT2D eigenvalue weighted by Gasteiger charge is 2.00. The van der Waals surface area contributed by atoms with E-state index in [1.54, 1.807) is 36.4 Å². The van der Waals surface area contributed by atoms with Gasteiger partial charge in [-0.2, -0.15) is 0 Å². The maximum atomic E-state index is 13.5. The van der Waals surface area contributed by atoms with E-state index in [-0.39, 0.29) is 17.3 Å². The van der Waals surface area contributed by atoms with Gasteiger partial charge in [0.2, 0.25) is 0 Å². The third kappa shape index (κ3) is 2.69. The van der Waals surface area contributed by atoms with Crippen molar-refractivity contribution < 1.29 is 9.50 Å². The quantitative estimate of drug-likeness (QED) is 0.784. The molecule has 0 fully saturated rings. The molecule has 0 bridgehead atoms. The number of aliphatic imine (C=N–C) groups is 1. The predicted octanol–water partition coefficient (Wildman–Crippen LogP) is 3.59. The Labute approximate surface area is 99.1 Å². The smallest absolute Gasteiger partial charge is 0.149 e. The van der Waals surface area contributed by atoms with Crippen LogP contribution in [0.1, 0.15) is 11.1 Å². The Morgan fingerprint density at radius 1 is 1.18 bits per heavy atom. The lowest BCUT2D eigenvalue weighted by atomic mass is 10.2. The first-order chi connectivity index (χ1) is 8.16. The molecule has 86 valence electrons. The zero-order valence-electron chi connectivity index (χ0n) is 9.39. The van der Waals surface area contributed by atoms with Gasteiger partial charge in [0.15, 0.2) is 0 Å². The Morgan fingerprint density at radius 2 is 1.94 bits per heavy atom. The van der Waals surface area contributed by atoms with Gasteiger partial charge in [0.05, 0.1) is 5.69 Å². The molecule has 0 radical (unpaired) electrons. The van der Waals surface area contributed by atoms with E-state index in [1.807, 2.05) is 6.92 Å². The van der Waals surface area contributed by atoms with Gasteiger partial charge in [-0.1, -0.05) is 18.2 Å². The van der Waals surface area contributed by atoms with Crippen molar-refractivity contribution in [2.45, 2.75) is 6.92 Å². The van der Waals surface area contributed by atoms with Crippen LogP contribution in [0.4, 0.5) is 10.1 Å². The van der Waals surface area contributed by atoms with Crippen molar-refractivity contribution in [2.24, 2.45) is 4.99 Å². The van der Waals surface area contributed by atoms with Crippen LogP contribution in [0.25, 0.3) is 0 Å². The topological polar surface area (TPSA) is 32.6 Å². The van der Waals surface area contributed by atoms with Gasteiger partial charge in [-0.3, -0.25) is 4.99 Å². The van der Waals surface area contributed by atoms with E-state index in [0.717, 1.165) is 5.56 Å². The van der Waals surface area contributed by atoms with Gasteiger partial charge in [0.1, 0.15) is 11.6 Å². The van der Waals surface area contributed by atoms with Gasteiger partial charge < -0.3 is 5.11 Å². The second kappa shape index (κ2) is 4.78. The third-order valence-electron chi connectivity index (χ3n) is 2.38. The fraction of sp³-hybridized carbons (Fsp3) is 0.0714. The summed E-state index contributed by atoms with van der Waals surface area (Å²) in [5.74, 6) is -0.236. The van der Waals surface area contributed by atoms with Gasteiger partial charge in [-0.15, -0.1) is 0 Å². The number of rotatable bonds is 2. The summed E-state index contributed by atoms with van der Waals surface area (Å²) >= 11 is 0. The number of nitrogens with zero attached hydrogens (tertiary/aromatic N) is 1. The maximum absolute atomic E-state index is 13.5. The van der Waals surface area contributed by atoms with Gasteiger partial charge in [0, 0.05) is 11.8 Å². The minimum absolute atomic E-state index is 0.128. The van der Waals surface area contributed by atoms with Crippen molar-refractivity contribution in [1.82, 2.24) is 0 Å². The molecule has 2 aromatic carbocycles. The maximum Gasteiger partial charge on any atom is 0.149 e. The molecule has 0 saturated carbocycles. The summed E-state index contributed by atoms with van der Waals surface area (Å²) in [6.45, 7) is 1.82. The Hall–Kier alpha value is -2.16. The molecule has 0 aliphatic heterocycles. The highest BCUT2D eigenvalue weighted by Crippen LogP contribution is 2.20. The number of hydrogen-bond acceptors (Lipinski definition) is 2. The van der Waals surface area contributed by atoms with Crippen molar-refractivity contribution >= 4 is 11.9 Å². The molecule has 2 aromatic rings. The van der Waals surface area contributed by atoms with Gasteiger partial charge in [-0.05, 0) is 36.8 Å². The summed E-state index contributed by atoms with van der Waals surface area (Å²) in [5, 5.41) is 9.52. The minimum atomic E-state index is -0.364. The zero-order valence-corrected chi connectivity index (χ0v) is 9.39. The molecule has 0 aromatic heterocycles. The third-order valence-corrected chi connectivity index (χ3v) is 2.38. The molecule has 0 aliphatic rings. The molecule has 2 nitrogen and oxygen atoms in total. The molecule has 0 spiro atoms. The van der Waals surface area contributed by atoms with Crippen LogP contribution < -0.4 is 0 Å². The largest absolute Gasteiger partial charge is 0.507 e. The summed E-state index contributed by atoms with van der Waals surface area (Å²) in [6.07, 6.45) is 1.45. The van der Waals surface area contributed by atoms with Crippen LogP contribution in [0.5, 0.6) is 5.75 Å². The monoisotopic (exact) mass is 229 g/mol. The number of phenols is 1. The van der Waals surface area contributed by atoms with Crippen LogP contribution in [0.3, 0.4) is 0 Å². The Morgan fingerprint density at radius 3 is 2.65 bits per heavy atom. The number of phenolic OH excluding ortho intramolecular Hbond substituents is 1. The molecule has 17 heavy (non-hydrogen) atoms. The van der Waals surface area contributed by atoms with Crippen LogP contribution in [0, 0.1) is 12.7 Å². The van der Waals surface area contributed by atoms with Crippen LogP contribution in [-0.4, -0.2) is 11.3 Å². The van der Waals surface area contributed by atoms with Crippen molar-refractivity contribution in [1.29, 1.82) is 0 Å². The molecule has 3 heteroatoms. The lowest BCUT2D eigenvalue weighted by Gasteiger charge is -1.99. The predicted molar refractivity (Wildman–Crippen MR) is 66.5 cm³/mol. The molecule has 1 N–H and O–H groups in total.